The number of anilines is 2. The highest BCUT2D eigenvalue weighted by Crippen LogP contribution is 2.29. The zero-order chi connectivity index (χ0) is 17.5. The molecule has 2 aromatic carbocycles. The first-order chi connectivity index (χ1) is 11.6. The second-order valence-electron chi connectivity index (χ2n) is 5.08. The number of ether oxygens (including phenoxy) is 2. The Kier molecular flexibility index (Phi) is 5.63. The molecule has 0 aliphatic carbocycles. The predicted octanol–water partition coefficient (Wildman–Crippen LogP) is 3.01. The Balaban J connectivity index is 2.11. The summed E-state index contributed by atoms with van der Waals surface area (Å²) in [5, 5.41) is 14.9. The minimum absolute atomic E-state index is 0.254. The largest absolute Gasteiger partial charge is 0.497 e. The highest BCUT2D eigenvalue weighted by atomic mass is 16.5. The highest BCUT2D eigenvalue weighted by molar-refractivity contribution is 5.97. The standard InChI is InChI=1S/C18H19N3O3/c1-12(18(22)21-15-7-5-4-6-13(15)11-19)20-16-9-8-14(23-2)10-17(16)24-3/h4-10,12,20H,1-3H3,(H,21,22). The van der Waals surface area contributed by atoms with Gasteiger partial charge in [-0.25, -0.2) is 0 Å². The van der Waals surface area contributed by atoms with Crippen LogP contribution >= 0.6 is 0 Å². The molecule has 0 aliphatic heterocycles. The highest BCUT2D eigenvalue weighted by Gasteiger charge is 2.16. The number of nitrogens with one attached hydrogen (secondary N) is 2. The number of para-hydroxylation sites is 1. The summed E-state index contributed by atoms with van der Waals surface area (Å²) < 4.78 is 10.5. The van der Waals surface area contributed by atoms with Crippen molar-refractivity contribution in [3.05, 3.63) is 48.0 Å². The molecular formula is C18H19N3O3. The third-order valence-electron chi connectivity index (χ3n) is 3.48. The molecule has 0 bridgehead atoms. The van der Waals surface area contributed by atoms with Crippen molar-refractivity contribution in [1.82, 2.24) is 0 Å². The maximum absolute atomic E-state index is 12.4. The number of hydrogen-bond donors (Lipinski definition) is 2. The first-order valence-electron chi connectivity index (χ1n) is 7.37. The number of carbonyl (C=O) groups excluding carboxylic acids is 1. The monoisotopic (exact) mass is 325 g/mol. The zero-order valence-corrected chi connectivity index (χ0v) is 13.8. The van der Waals surface area contributed by atoms with Gasteiger partial charge >= 0.3 is 0 Å². The lowest BCUT2D eigenvalue weighted by atomic mass is 10.2. The first-order valence-corrected chi connectivity index (χ1v) is 7.37. The van der Waals surface area contributed by atoms with E-state index in [4.69, 9.17) is 14.7 Å². The molecule has 0 aliphatic rings. The smallest absolute Gasteiger partial charge is 0.246 e. The molecular weight excluding hydrogens is 306 g/mol. The third-order valence-corrected chi connectivity index (χ3v) is 3.48. The Labute approximate surface area is 141 Å². The van der Waals surface area contributed by atoms with E-state index in [1.165, 1.54) is 0 Å². The molecule has 124 valence electrons. The van der Waals surface area contributed by atoms with Gasteiger partial charge in [-0.15, -0.1) is 0 Å². The minimum atomic E-state index is -0.529. The van der Waals surface area contributed by atoms with Crippen LogP contribution in [0.2, 0.25) is 0 Å². The molecule has 2 aromatic rings. The number of hydrogen-bond acceptors (Lipinski definition) is 5. The number of methoxy groups -OCH3 is 2. The summed E-state index contributed by atoms with van der Waals surface area (Å²) in [6.45, 7) is 1.73. The molecule has 1 amide bonds. The van der Waals surface area contributed by atoms with Crippen LogP contribution < -0.4 is 20.1 Å². The molecule has 6 heteroatoms. The summed E-state index contributed by atoms with van der Waals surface area (Å²) in [6.07, 6.45) is 0. The molecule has 24 heavy (non-hydrogen) atoms. The summed E-state index contributed by atoms with van der Waals surface area (Å²) in [7, 11) is 3.12. The van der Waals surface area contributed by atoms with Gasteiger partial charge in [0.05, 0.1) is 31.2 Å². The molecule has 0 radical (unpaired) electrons. The number of nitriles is 1. The van der Waals surface area contributed by atoms with Gasteiger partial charge in [-0.05, 0) is 31.2 Å². The Morgan fingerprint density at radius 2 is 1.88 bits per heavy atom. The fraction of sp³-hybridized carbons (Fsp3) is 0.222. The molecule has 2 rings (SSSR count). The molecule has 6 nitrogen and oxygen atoms in total. The van der Waals surface area contributed by atoms with Crippen LogP contribution in [0.1, 0.15) is 12.5 Å². The number of carbonyl (C=O) groups is 1. The number of rotatable bonds is 6. The predicted molar refractivity (Wildman–Crippen MR) is 92.4 cm³/mol. The van der Waals surface area contributed by atoms with Gasteiger partial charge in [0.15, 0.2) is 0 Å². The Morgan fingerprint density at radius 1 is 1.12 bits per heavy atom. The van der Waals surface area contributed by atoms with Gasteiger partial charge in [-0.3, -0.25) is 4.79 Å². The Morgan fingerprint density at radius 3 is 2.54 bits per heavy atom. The Hall–Kier alpha value is -3.20. The number of nitrogens with zero attached hydrogens (tertiary/aromatic N) is 1. The third kappa shape index (κ3) is 3.96. The lowest BCUT2D eigenvalue weighted by Gasteiger charge is -2.18. The van der Waals surface area contributed by atoms with Crippen LogP contribution in [0, 0.1) is 11.3 Å². The summed E-state index contributed by atoms with van der Waals surface area (Å²) >= 11 is 0. The van der Waals surface area contributed by atoms with Crippen LogP contribution in [0.5, 0.6) is 11.5 Å². The molecule has 1 unspecified atom stereocenters. The van der Waals surface area contributed by atoms with E-state index >= 15 is 0 Å². The van der Waals surface area contributed by atoms with Crippen molar-refractivity contribution in [2.45, 2.75) is 13.0 Å². The molecule has 2 N–H and O–H groups in total. The van der Waals surface area contributed by atoms with Gasteiger partial charge in [0, 0.05) is 6.07 Å². The quantitative estimate of drug-likeness (QED) is 0.853. The SMILES string of the molecule is COc1ccc(NC(C)C(=O)Nc2ccccc2C#N)c(OC)c1. The lowest BCUT2D eigenvalue weighted by molar-refractivity contribution is -0.116. The summed E-state index contributed by atoms with van der Waals surface area (Å²) in [5.74, 6) is 0.986. The van der Waals surface area contributed by atoms with E-state index in [1.54, 1.807) is 63.6 Å². The molecule has 0 fully saturated rings. The first kappa shape index (κ1) is 17.2. The molecule has 0 spiro atoms. The summed E-state index contributed by atoms with van der Waals surface area (Å²) in [4.78, 5) is 12.4. The van der Waals surface area contributed by atoms with E-state index < -0.39 is 6.04 Å². The second-order valence-corrected chi connectivity index (χ2v) is 5.08. The van der Waals surface area contributed by atoms with E-state index in [0.29, 0.717) is 28.4 Å². The van der Waals surface area contributed by atoms with Gasteiger partial charge in [0.2, 0.25) is 5.91 Å². The topological polar surface area (TPSA) is 83.4 Å². The fourth-order valence-corrected chi connectivity index (χ4v) is 2.15. The van der Waals surface area contributed by atoms with Gasteiger partial charge in [0.1, 0.15) is 23.6 Å². The lowest BCUT2D eigenvalue weighted by Crippen LogP contribution is -2.32. The maximum Gasteiger partial charge on any atom is 0.246 e. The second kappa shape index (κ2) is 7.88. The van der Waals surface area contributed by atoms with E-state index in [0.717, 1.165) is 0 Å². The Bertz CT molecular complexity index is 768. The van der Waals surface area contributed by atoms with E-state index in [-0.39, 0.29) is 5.91 Å². The van der Waals surface area contributed by atoms with Crippen molar-refractivity contribution >= 4 is 17.3 Å². The normalized spacial score (nSPS) is 11.1. The molecule has 0 saturated carbocycles. The summed E-state index contributed by atoms with van der Waals surface area (Å²) in [6, 6.07) is 13.7. The van der Waals surface area contributed by atoms with E-state index in [2.05, 4.69) is 16.7 Å². The van der Waals surface area contributed by atoms with Crippen molar-refractivity contribution < 1.29 is 14.3 Å². The van der Waals surface area contributed by atoms with Gasteiger partial charge in [-0.2, -0.15) is 5.26 Å². The minimum Gasteiger partial charge on any atom is -0.497 e. The maximum atomic E-state index is 12.4. The van der Waals surface area contributed by atoms with Gasteiger partial charge < -0.3 is 20.1 Å². The van der Waals surface area contributed by atoms with Crippen LogP contribution in [-0.4, -0.2) is 26.2 Å². The average molecular weight is 325 g/mol. The van der Waals surface area contributed by atoms with Crippen molar-refractivity contribution in [2.75, 3.05) is 24.9 Å². The van der Waals surface area contributed by atoms with Crippen LogP contribution in [-0.2, 0) is 4.79 Å². The number of amides is 1. The molecule has 0 saturated heterocycles. The van der Waals surface area contributed by atoms with Crippen LogP contribution in [0.25, 0.3) is 0 Å². The van der Waals surface area contributed by atoms with Crippen LogP contribution in [0.15, 0.2) is 42.5 Å². The van der Waals surface area contributed by atoms with Crippen molar-refractivity contribution in [3.63, 3.8) is 0 Å². The van der Waals surface area contributed by atoms with Crippen molar-refractivity contribution in [1.29, 1.82) is 5.26 Å². The van der Waals surface area contributed by atoms with Crippen LogP contribution in [0.3, 0.4) is 0 Å². The summed E-state index contributed by atoms with van der Waals surface area (Å²) in [5.41, 5.74) is 1.58. The molecule has 1 atom stereocenters. The molecule has 0 aromatic heterocycles. The fourth-order valence-electron chi connectivity index (χ4n) is 2.15. The van der Waals surface area contributed by atoms with Gasteiger partial charge in [-0.1, -0.05) is 12.1 Å². The number of benzene rings is 2. The van der Waals surface area contributed by atoms with Gasteiger partial charge in [0.25, 0.3) is 0 Å². The average Bonchev–Trinajstić information content (AvgIpc) is 2.62. The van der Waals surface area contributed by atoms with E-state index in [1.807, 2.05) is 0 Å². The van der Waals surface area contributed by atoms with Crippen LogP contribution in [0.4, 0.5) is 11.4 Å². The van der Waals surface area contributed by atoms with E-state index in [9.17, 15) is 4.79 Å². The molecule has 0 heterocycles. The van der Waals surface area contributed by atoms with Crippen molar-refractivity contribution in [3.8, 4) is 17.6 Å². The zero-order valence-electron chi connectivity index (χ0n) is 13.8. The van der Waals surface area contributed by atoms with Crippen molar-refractivity contribution in [2.24, 2.45) is 0 Å².